The minimum atomic E-state index is -0.266. The zero-order chi connectivity index (χ0) is 19.7. The van der Waals surface area contributed by atoms with Crippen LogP contribution in [0.3, 0.4) is 0 Å². The molecular formula is C19H20FN7O. The van der Waals surface area contributed by atoms with Crippen molar-refractivity contribution in [1.29, 1.82) is 0 Å². The minimum Gasteiger partial charge on any atom is -0.474 e. The summed E-state index contributed by atoms with van der Waals surface area (Å²) in [5.74, 6) is 1.38. The van der Waals surface area contributed by atoms with Gasteiger partial charge in [-0.25, -0.2) is 14.4 Å². The Morgan fingerprint density at radius 3 is 2.68 bits per heavy atom. The van der Waals surface area contributed by atoms with E-state index < -0.39 is 0 Å². The molecule has 0 bridgehead atoms. The minimum absolute atomic E-state index is 0.0294. The highest BCUT2D eigenvalue weighted by molar-refractivity contribution is 5.73. The lowest BCUT2D eigenvalue weighted by molar-refractivity contribution is 0.232. The maximum atomic E-state index is 13.1. The lowest BCUT2D eigenvalue weighted by Crippen LogP contribution is -2.10. The van der Waals surface area contributed by atoms with Crippen molar-refractivity contribution in [2.24, 2.45) is 0 Å². The number of hydrogen-bond acceptors (Lipinski definition) is 6. The van der Waals surface area contributed by atoms with Crippen LogP contribution in [0.15, 0.2) is 42.9 Å². The number of halogens is 1. The zero-order valence-corrected chi connectivity index (χ0v) is 15.7. The highest BCUT2D eigenvalue weighted by atomic mass is 19.1. The Kier molecular flexibility index (Phi) is 4.64. The van der Waals surface area contributed by atoms with E-state index in [9.17, 15) is 4.39 Å². The highest BCUT2D eigenvalue weighted by Gasteiger charge is 2.13. The average molecular weight is 381 g/mol. The van der Waals surface area contributed by atoms with Gasteiger partial charge in [0.1, 0.15) is 23.5 Å². The molecule has 0 radical (unpaired) electrons. The summed E-state index contributed by atoms with van der Waals surface area (Å²) in [6, 6.07) is 8.03. The fourth-order valence-electron chi connectivity index (χ4n) is 2.80. The largest absolute Gasteiger partial charge is 0.474 e. The second kappa shape index (κ2) is 7.26. The van der Waals surface area contributed by atoms with Crippen LogP contribution in [0.5, 0.6) is 5.88 Å². The number of imidazole rings is 1. The maximum Gasteiger partial charge on any atom is 0.234 e. The number of benzene rings is 1. The molecule has 0 amide bonds. The van der Waals surface area contributed by atoms with E-state index in [2.05, 4.69) is 30.5 Å². The van der Waals surface area contributed by atoms with Gasteiger partial charge in [-0.2, -0.15) is 4.98 Å². The Balaban J connectivity index is 1.61. The number of anilines is 1. The Morgan fingerprint density at radius 1 is 1.14 bits per heavy atom. The van der Waals surface area contributed by atoms with Gasteiger partial charge in [0.15, 0.2) is 5.65 Å². The summed E-state index contributed by atoms with van der Waals surface area (Å²) in [4.78, 5) is 13.2. The van der Waals surface area contributed by atoms with E-state index in [0.717, 1.165) is 5.56 Å². The predicted octanol–water partition coefficient (Wildman–Crippen LogP) is 3.64. The van der Waals surface area contributed by atoms with Gasteiger partial charge < -0.3 is 10.1 Å². The quantitative estimate of drug-likeness (QED) is 0.530. The number of rotatable bonds is 6. The lowest BCUT2D eigenvalue weighted by Gasteiger charge is -2.14. The standard InChI is InChI=1S/C19H20FN7O/c1-11(2)28-17-8-16(25-26-17)27-10-22-15-9-21-19(24-18(15)27)23-12(3)13-4-6-14(20)7-5-13/h4-12H,1-3H3,(H,25,26)(H,21,23,24)/t12-/m0/s1. The molecule has 0 aliphatic carbocycles. The number of hydrogen-bond donors (Lipinski definition) is 2. The molecule has 8 nitrogen and oxygen atoms in total. The van der Waals surface area contributed by atoms with Crippen molar-refractivity contribution in [2.75, 3.05) is 5.32 Å². The molecule has 2 N–H and O–H groups in total. The van der Waals surface area contributed by atoms with Crippen molar-refractivity contribution in [2.45, 2.75) is 32.9 Å². The van der Waals surface area contributed by atoms with Crippen molar-refractivity contribution in [3.05, 3.63) is 54.2 Å². The van der Waals surface area contributed by atoms with Crippen LogP contribution in [-0.2, 0) is 0 Å². The van der Waals surface area contributed by atoms with Gasteiger partial charge in [-0.1, -0.05) is 12.1 Å². The van der Waals surface area contributed by atoms with E-state index in [4.69, 9.17) is 4.74 Å². The Labute approximate surface area is 160 Å². The van der Waals surface area contributed by atoms with E-state index in [0.29, 0.717) is 28.8 Å². The third-order valence-corrected chi connectivity index (χ3v) is 4.16. The first-order valence-electron chi connectivity index (χ1n) is 8.94. The monoisotopic (exact) mass is 381 g/mol. The molecule has 9 heteroatoms. The molecular weight excluding hydrogens is 361 g/mol. The Morgan fingerprint density at radius 2 is 1.93 bits per heavy atom. The molecule has 0 aliphatic heterocycles. The summed E-state index contributed by atoms with van der Waals surface area (Å²) >= 11 is 0. The number of aromatic nitrogens is 6. The topological polar surface area (TPSA) is 93.5 Å². The maximum absolute atomic E-state index is 13.1. The van der Waals surface area contributed by atoms with Gasteiger partial charge >= 0.3 is 0 Å². The van der Waals surface area contributed by atoms with Crippen LogP contribution < -0.4 is 10.1 Å². The molecule has 1 aromatic carbocycles. The van der Waals surface area contributed by atoms with E-state index in [1.807, 2.05) is 20.8 Å². The van der Waals surface area contributed by atoms with E-state index in [-0.39, 0.29) is 18.0 Å². The summed E-state index contributed by atoms with van der Waals surface area (Å²) in [7, 11) is 0. The molecule has 0 aliphatic rings. The SMILES string of the molecule is CC(C)Oc1cc(-n2cnc3cnc(N[C@@H](C)c4ccc(F)cc4)nc32)[nH]n1. The molecule has 0 spiro atoms. The first kappa shape index (κ1) is 17.9. The third-order valence-electron chi connectivity index (χ3n) is 4.16. The number of ether oxygens (including phenoxy) is 1. The normalized spacial score (nSPS) is 12.5. The number of fused-ring (bicyclic) bond motifs is 1. The molecule has 144 valence electrons. The Hall–Kier alpha value is -3.49. The summed E-state index contributed by atoms with van der Waals surface area (Å²) in [5.41, 5.74) is 2.21. The van der Waals surface area contributed by atoms with Crippen LogP contribution in [0.1, 0.15) is 32.4 Å². The van der Waals surface area contributed by atoms with Gasteiger partial charge in [0, 0.05) is 6.07 Å². The van der Waals surface area contributed by atoms with E-state index in [1.165, 1.54) is 12.1 Å². The van der Waals surface area contributed by atoms with Gasteiger partial charge in [-0.05, 0) is 38.5 Å². The highest BCUT2D eigenvalue weighted by Crippen LogP contribution is 2.21. The van der Waals surface area contributed by atoms with Crippen LogP contribution in [0, 0.1) is 5.82 Å². The number of H-pyrrole nitrogens is 1. The summed E-state index contributed by atoms with van der Waals surface area (Å²) in [6.45, 7) is 5.84. The van der Waals surface area contributed by atoms with Gasteiger partial charge in [0.25, 0.3) is 0 Å². The van der Waals surface area contributed by atoms with Crippen LogP contribution in [0.4, 0.5) is 10.3 Å². The molecule has 3 aromatic heterocycles. The zero-order valence-electron chi connectivity index (χ0n) is 15.7. The number of nitrogens with zero attached hydrogens (tertiary/aromatic N) is 5. The number of nitrogens with one attached hydrogen (secondary N) is 2. The van der Waals surface area contributed by atoms with Crippen LogP contribution in [-0.4, -0.2) is 35.8 Å². The predicted molar refractivity (Wildman–Crippen MR) is 103 cm³/mol. The van der Waals surface area contributed by atoms with E-state index in [1.54, 1.807) is 35.3 Å². The first-order chi connectivity index (χ1) is 13.5. The fourth-order valence-corrected chi connectivity index (χ4v) is 2.80. The van der Waals surface area contributed by atoms with Crippen molar-refractivity contribution < 1.29 is 9.13 Å². The molecule has 0 saturated heterocycles. The molecule has 0 saturated carbocycles. The third kappa shape index (κ3) is 3.64. The lowest BCUT2D eigenvalue weighted by atomic mass is 10.1. The summed E-state index contributed by atoms with van der Waals surface area (Å²) in [6.07, 6.45) is 3.33. The average Bonchev–Trinajstić information content (AvgIpc) is 3.28. The number of aromatic amines is 1. The van der Waals surface area contributed by atoms with Crippen molar-refractivity contribution in [1.82, 2.24) is 29.7 Å². The van der Waals surface area contributed by atoms with Crippen LogP contribution >= 0.6 is 0 Å². The second-order valence-corrected chi connectivity index (χ2v) is 6.69. The Bertz CT molecular complexity index is 1090. The van der Waals surface area contributed by atoms with Gasteiger partial charge in [0.05, 0.1) is 18.3 Å². The fraction of sp³-hybridized carbons (Fsp3) is 0.263. The van der Waals surface area contributed by atoms with Crippen molar-refractivity contribution in [3.8, 4) is 11.7 Å². The summed E-state index contributed by atoms with van der Waals surface area (Å²) < 4.78 is 20.5. The molecule has 0 fully saturated rings. The molecule has 4 rings (SSSR count). The van der Waals surface area contributed by atoms with Crippen LogP contribution in [0.2, 0.25) is 0 Å². The second-order valence-electron chi connectivity index (χ2n) is 6.69. The first-order valence-corrected chi connectivity index (χ1v) is 8.94. The molecule has 28 heavy (non-hydrogen) atoms. The molecule has 1 atom stereocenters. The van der Waals surface area contributed by atoms with Crippen LogP contribution in [0.25, 0.3) is 17.0 Å². The van der Waals surface area contributed by atoms with Crippen molar-refractivity contribution >= 4 is 17.1 Å². The van der Waals surface area contributed by atoms with Crippen molar-refractivity contribution in [3.63, 3.8) is 0 Å². The van der Waals surface area contributed by atoms with E-state index >= 15 is 0 Å². The summed E-state index contributed by atoms with van der Waals surface area (Å²) in [5, 5.41) is 10.3. The van der Waals surface area contributed by atoms with Gasteiger partial charge in [-0.3, -0.25) is 9.67 Å². The molecule has 3 heterocycles. The molecule has 0 unspecified atom stereocenters. The molecule has 4 aromatic rings. The smallest absolute Gasteiger partial charge is 0.234 e. The van der Waals surface area contributed by atoms with Gasteiger partial charge in [-0.15, -0.1) is 5.10 Å². The van der Waals surface area contributed by atoms with Gasteiger partial charge in [0.2, 0.25) is 11.8 Å².